The lowest BCUT2D eigenvalue weighted by Crippen LogP contribution is -2.16. The van der Waals surface area contributed by atoms with Crippen molar-refractivity contribution in [3.05, 3.63) is 48.2 Å². The Hall–Kier alpha value is -2.27. The topological polar surface area (TPSA) is 55.4 Å². The molecule has 0 bridgehead atoms. The molecule has 5 nitrogen and oxygen atoms in total. The van der Waals surface area contributed by atoms with Crippen LogP contribution in [0.1, 0.15) is 18.4 Å². The Morgan fingerprint density at radius 2 is 1.95 bits per heavy atom. The minimum absolute atomic E-state index is 0.325. The Morgan fingerprint density at radius 3 is 2.86 bits per heavy atom. The Labute approximate surface area is 130 Å². The summed E-state index contributed by atoms with van der Waals surface area (Å²) in [5.74, 6) is 2.66. The van der Waals surface area contributed by atoms with Crippen LogP contribution in [0.4, 0.5) is 5.82 Å². The van der Waals surface area contributed by atoms with Crippen LogP contribution >= 0.6 is 0 Å². The van der Waals surface area contributed by atoms with Crippen molar-refractivity contribution in [1.82, 2.24) is 10.3 Å². The number of rotatable bonds is 8. The van der Waals surface area contributed by atoms with Crippen molar-refractivity contribution in [3.63, 3.8) is 0 Å². The van der Waals surface area contributed by atoms with E-state index in [-0.39, 0.29) is 0 Å². The molecule has 1 aliphatic rings. The standard InChI is InChI=1S/C17H21N3O2/c1-2-10-19-16(8-1)20-11-4-3-9-18-12-14-6-5-7-15-17(14)22-13-21-15/h1-2,5-8,10,18H,3-4,9,11-13H2,(H,19,20). The quantitative estimate of drug-likeness (QED) is 0.734. The molecule has 0 radical (unpaired) electrons. The molecule has 0 unspecified atom stereocenters. The number of benzene rings is 1. The van der Waals surface area contributed by atoms with Gasteiger partial charge in [0.05, 0.1) is 0 Å². The molecule has 0 atom stereocenters. The zero-order valence-electron chi connectivity index (χ0n) is 12.5. The fourth-order valence-corrected chi connectivity index (χ4v) is 2.41. The molecule has 0 aliphatic carbocycles. The van der Waals surface area contributed by atoms with Gasteiger partial charge in [-0.2, -0.15) is 0 Å². The number of fused-ring (bicyclic) bond motifs is 1. The number of nitrogens with zero attached hydrogens (tertiary/aromatic N) is 1. The summed E-state index contributed by atoms with van der Waals surface area (Å²) in [7, 11) is 0. The molecule has 0 saturated carbocycles. The van der Waals surface area contributed by atoms with E-state index in [1.165, 1.54) is 0 Å². The molecule has 5 heteroatoms. The molecule has 0 amide bonds. The predicted molar refractivity (Wildman–Crippen MR) is 86.2 cm³/mol. The van der Waals surface area contributed by atoms with Crippen molar-refractivity contribution < 1.29 is 9.47 Å². The normalized spacial score (nSPS) is 12.4. The lowest BCUT2D eigenvalue weighted by Gasteiger charge is -2.08. The smallest absolute Gasteiger partial charge is 0.231 e. The van der Waals surface area contributed by atoms with Crippen LogP contribution in [0, 0.1) is 0 Å². The van der Waals surface area contributed by atoms with Gasteiger partial charge >= 0.3 is 0 Å². The van der Waals surface area contributed by atoms with Crippen LogP contribution < -0.4 is 20.1 Å². The minimum Gasteiger partial charge on any atom is -0.454 e. The van der Waals surface area contributed by atoms with E-state index in [9.17, 15) is 0 Å². The highest BCUT2D eigenvalue weighted by Crippen LogP contribution is 2.35. The first-order chi connectivity index (χ1) is 10.9. The van der Waals surface area contributed by atoms with Crippen molar-refractivity contribution in [2.45, 2.75) is 19.4 Å². The Balaban J connectivity index is 1.31. The molecule has 0 saturated heterocycles. The van der Waals surface area contributed by atoms with Gasteiger partial charge in [-0.15, -0.1) is 0 Å². The maximum absolute atomic E-state index is 5.49. The van der Waals surface area contributed by atoms with E-state index in [1.54, 1.807) is 6.20 Å². The molecular weight excluding hydrogens is 278 g/mol. The van der Waals surface area contributed by atoms with E-state index in [0.717, 1.165) is 55.4 Å². The lowest BCUT2D eigenvalue weighted by molar-refractivity contribution is 0.173. The number of hydrogen-bond acceptors (Lipinski definition) is 5. The van der Waals surface area contributed by atoms with Crippen molar-refractivity contribution in [3.8, 4) is 11.5 Å². The Bertz CT molecular complexity index is 590. The summed E-state index contributed by atoms with van der Waals surface area (Å²) in [4.78, 5) is 4.23. The van der Waals surface area contributed by atoms with Gasteiger partial charge in [0, 0.05) is 24.8 Å². The summed E-state index contributed by atoms with van der Waals surface area (Å²) in [5, 5.41) is 6.76. The number of hydrogen-bond donors (Lipinski definition) is 2. The second kappa shape index (κ2) is 7.66. The number of aromatic nitrogens is 1. The van der Waals surface area contributed by atoms with Gasteiger partial charge in [-0.25, -0.2) is 4.98 Å². The fourth-order valence-electron chi connectivity index (χ4n) is 2.41. The number of nitrogens with one attached hydrogen (secondary N) is 2. The molecule has 2 heterocycles. The number of unbranched alkanes of at least 4 members (excludes halogenated alkanes) is 1. The SMILES string of the molecule is c1ccc(NCCCCNCc2cccc3c2OCO3)nc1. The molecule has 1 aromatic carbocycles. The molecule has 0 spiro atoms. The van der Waals surface area contributed by atoms with Crippen LogP contribution in [-0.2, 0) is 6.54 Å². The molecule has 0 fully saturated rings. The lowest BCUT2D eigenvalue weighted by atomic mass is 10.2. The molecule has 1 aliphatic heterocycles. The van der Waals surface area contributed by atoms with Gasteiger partial charge in [0.25, 0.3) is 0 Å². The first-order valence-electron chi connectivity index (χ1n) is 7.66. The van der Waals surface area contributed by atoms with Crippen LogP contribution in [0.5, 0.6) is 11.5 Å². The van der Waals surface area contributed by atoms with E-state index < -0.39 is 0 Å². The Kier molecular flexibility index (Phi) is 5.10. The summed E-state index contributed by atoms with van der Waals surface area (Å²) in [6.07, 6.45) is 4.02. The average molecular weight is 299 g/mol. The maximum Gasteiger partial charge on any atom is 0.231 e. The monoisotopic (exact) mass is 299 g/mol. The molecule has 116 valence electrons. The summed E-state index contributed by atoms with van der Waals surface area (Å²) in [6, 6.07) is 11.9. The average Bonchev–Trinajstić information content (AvgIpc) is 3.04. The van der Waals surface area contributed by atoms with Crippen LogP contribution in [0.15, 0.2) is 42.6 Å². The number of anilines is 1. The van der Waals surface area contributed by atoms with Crippen LogP contribution in [0.3, 0.4) is 0 Å². The molecule has 1 aromatic heterocycles. The third kappa shape index (κ3) is 3.89. The van der Waals surface area contributed by atoms with Gasteiger partial charge in [0.2, 0.25) is 6.79 Å². The first kappa shape index (κ1) is 14.7. The highest BCUT2D eigenvalue weighted by Gasteiger charge is 2.16. The van der Waals surface area contributed by atoms with E-state index in [0.29, 0.717) is 6.79 Å². The number of pyridine rings is 1. The zero-order chi connectivity index (χ0) is 15.0. The van der Waals surface area contributed by atoms with E-state index >= 15 is 0 Å². The largest absolute Gasteiger partial charge is 0.454 e. The third-order valence-electron chi connectivity index (χ3n) is 3.54. The van der Waals surface area contributed by atoms with Crippen molar-refractivity contribution in [1.29, 1.82) is 0 Å². The van der Waals surface area contributed by atoms with Crippen LogP contribution in [0.2, 0.25) is 0 Å². The highest BCUT2D eigenvalue weighted by atomic mass is 16.7. The van der Waals surface area contributed by atoms with E-state index in [2.05, 4.69) is 21.7 Å². The zero-order valence-corrected chi connectivity index (χ0v) is 12.5. The third-order valence-corrected chi connectivity index (χ3v) is 3.54. The van der Waals surface area contributed by atoms with Crippen molar-refractivity contribution >= 4 is 5.82 Å². The first-order valence-corrected chi connectivity index (χ1v) is 7.66. The second-order valence-corrected chi connectivity index (χ2v) is 5.18. The maximum atomic E-state index is 5.49. The van der Waals surface area contributed by atoms with Crippen molar-refractivity contribution in [2.75, 3.05) is 25.2 Å². The van der Waals surface area contributed by atoms with Crippen LogP contribution in [-0.4, -0.2) is 24.9 Å². The molecule has 2 aromatic rings. The summed E-state index contributed by atoms with van der Waals surface area (Å²) in [5.41, 5.74) is 1.15. The number of ether oxygens (including phenoxy) is 2. The molecule has 2 N–H and O–H groups in total. The summed E-state index contributed by atoms with van der Waals surface area (Å²) < 4.78 is 10.9. The van der Waals surface area contributed by atoms with Gasteiger partial charge in [-0.1, -0.05) is 18.2 Å². The van der Waals surface area contributed by atoms with Gasteiger partial charge < -0.3 is 20.1 Å². The second-order valence-electron chi connectivity index (χ2n) is 5.18. The summed E-state index contributed by atoms with van der Waals surface area (Å²) in [6.45, 7) is 3.05. The van der Waals surface area contributed by atoms with Crippen molar-refractivity contribution in [2.24, 2.45) is 0 Å². The molecule has 3 rings (SSSR count). The summed E-state index contributed by atoms with van der Waals surface area (Å²) >= 11 is 0. The number of para-hydroxylation sites is 1. The van der Waals surface area contributed by atoms with Crippen LogP contribution in [0.25, 0.3) is 0 Å². The van der Waals surface area contributed by atoms with E-state index in [1.807, 2.05) is 30.3 Å². The van der Waals surface area contributed by atoms with Gasteiger partial charge in [-0.05, 0) is 37.6 Å². The molecular formula is C17H21N3O2. The van der Waals surface area contributed by atoms with Gasteiger partial charge in [-0.3, -0.25) is 0 Å². The van der Waals surface area contributed by atoms with Gasteiger partial charge in [0.1, 0.15) is 5.82 Å². The predicted octanol–water partition coefficient (Wildman–Crippen LogP) is 2.79. The Morgan fingerprint density at radius 1 is 1.00 bits per heavy atom. The molecule has 22 heavy (non-hydrogen) atoms. The van der Waals surface area contributed by atoms with E-state index in [4.69, 9.17) is 9.47 Å². The fraction of sp³-hybridized carbons (Fsp3) is 0.353. The highest BCUT2D eigenvalue weighted by molar-refractivity contribution is 5.48. The van der Waals surface area contributed by atoms with Gasteiger partial charge in [0.15, 0.2) is 11.5 Å². The minimum atomic E-state index is 0.325.